The Kier molecular flexibility index (Phi) is 5.70. The van der Waals surface area contributed by atoms with Gasteiger partial charge < -0.3 is 18.8 Å². The first-order valence-corrected chi connectivity index (χ1v) is 12.2. The molecule has 0 radical (unpaired) electrons. The van der Waals surface area contributed by atoms with Gasteiger partial charge in [0.25, 0.3) is 5.91 Å². The van der Waals surface area contributed by atoms with E-state index in [4.69, 9.17) is 8.83 Å². The number of para-hydroxylation sites is 1. The lowest BCUT2D eigenvalue weighted by molar-refractivity contribution is -0.133. The number of hydrogen-bond acceptors (Lipinski definition) is 6. The van der Waals surface area contributed by atoms with E-state index < -0.39 is 23.5 Å². The number of piperidine rings is 1. The van der Waals surface area contributed by atoms with Gasteiger partial charge in [0.15, 0.2) is 11.5 Å². The molecule has 0 saturated carbocycles. The Balaban J connectivity index is 1.27. The zero-order valence-corrected chi connectivity index (χ0v) is 19.7. The fourth-order valence-corrected chi connectivity index (χ4v) is 5.38. The standard InChI is InChI=1S/C29H26N2O5/c32-27(24-17-20-9-4-5-10-22(20)36-24)25-26(23-11-6-16-35-23)31(29(34)28(25)33)21-12-14-30(15-13-21)18-19-7-2-1-3-8-19/h1-11,16-17,21,26,33H,12-15,18H2. The van der Waals surface area contributed by atoms with E-state index in [0.717, 1.165) is 37.9 Å². The van der Waals surface area contributed by atoms with Crippen LogP contribution >= 0.6 is 0 Å². The Hall–Kier alpha value is -4.10. The number of nitrogens with zero attached hydrogens (tertiary/aromatic N) is 2. The molecule has 1 N–H and O–H groups in total. The van der Waals surface area contributed by atoms with Crippen molar-refractivity contribution in [2.75, 3.05) is 13.1 Å². The topological polar surface area (TPSA) is 87.1 Å². The molecule has 7 nitrogen and oxygen atoms in total. The van der Waals surface area contributed by atoms with Gasteiger partial charge in [-0.15, -0.1) is 0 Å². The molecule has 1 unspecified atom stereocenters. The third kappa shape index (κ3) is 3.91. The number of likely N-dealkylation sites (tertiary alicyclic amines) is 1. The van der Waals surface area contributed by atoms with Gasteiger partial charge in [0.1, 0.15) is 17.4 Å². The van der Waals surface area contributed by atoms with E-state index >= 15 is 0 Å². The number of fused-ring (bicyclic) bond motifs is 1. The van der Waals surface area contributed by atoms with Crippen molar-refractivity contribution in [3.63, 3.8) is 0 Å². The summed E-state index contributed by atoms with van der Waals surface area (Å²) < 4.78 is 11.5. The van der Waals surface area contributed by atoms with E-state index in [1.807, 2.05) is 36.4 Å². The normalized spacial score (nSPS) is 19.5. The van der Waals surface area contributed by atoms with E-state index in [9.17, 15) is 14.7 Å². The van der Waals surface area contributed by atoms with Crippen LogP contribution in [0.25, 0.3) is 11.0 Å². The third-order valence-corrected chi connectivity index (χ3v) is 7.15. The molecule has 1 amide bonds. The monoisotopic (exact) mass is 482 g/mol. The predicted octanol–water partition coefficient (Wildman–Crippen LogP) is 5.27. The van der Waals surface area contributed by atoms with E-state index in [2.05, 4.69) is 17.0 Å². The van der Waals surface area contributed by atoms with Crippen LogP contribution in [0.2, 0.25) is 0 Å². The summed E-state index contributed by atoms with van der Waals surface area (Å²) in [6.45, 7) is 2.46. The zero-order valence-electron chi connectivity index (χ0n) is 19.7. The van der Waals surface area contributed by atoms with Crippen LogP contribution in [-0.2, 0) is 11.3 Å². The SMILES string of the molecule is O=C(C1=C(O)C(=O)N(C2CCN(Cc3ccccc3)CC2)C1c1ccco1)c1cc2ccccc2o1. The van der Waals surface area contributed by atoms with Gasteiger partial charge in [0.05, 0.1) is 11.8 Å². The smallest absolute Gasteiger partial charge is 0.290 e. The van der Waals surface area contributed by atoms with E-state index in [-0.39, 0.29) is 17.4 Å². The number of aliphatic hydroxyl groups excluding tert-OH is 1. The number of rotatable bonds is 6. The number of benzene rings is 2. The molecule has 0 aliphatic carbocycles. The first-order valence-electron chi connectivity index (χ1n) is 12.2. The molecule has 2 aromatic carbocycles. The maximum Gasteiger partial charge on any atom is 0.290 e. The van der Waals surface area contributed by atoms with E-state index in [1.54, 1.807) is 29.2 Å². The molecule has 2 aromatic heterocycles. The highest BCUT2D eigenvalue weighted by molar-refractivity contribution is 6.16. The summed E-state index contributed by atoms with van der Waals surface area (Å²) in [7, 11) is 0. The molecule has 36 heavy (non-hydrogen) atoms. The summed E-state index contributed by atoms with van der Waals surface area (Å²) in [4.78, 5) is 31.0. The van der Waals surface area contributed by atoms with Crippen molar-refractivity contribution in [2.45, 2.75) is 31.5 Å². The Morgan fingerprint density at radius 1 is 0.972 bits per heavy atom. The maximum absolute atomic E-state index is 13.6. The van der Waals surface area contributed by atoms with Crippen molar-refractivity contribution in [1.82, 2.24) is 9.80 Å². The minimum Gasteiger partial charge on any atom is -0.503 e. The fraction of sp³-hybridized carbons (Fsp3) is 0.241. The summed E-state index contributed by atoms with van der Waals surface area (Å²) in [5, 5.41) is 11.7. The summed E-state index contributed by atoms with van der Waals surface area (Å²) in [6, 6.07) is 21.8. The highest BCUT2D eigenvalue weighted by atomic mass is 16.3. The lowest BCUT2D eigenvalue weighted by Gasteiger charge is -2.39. The predicted molar refractivity (Wildman–Crippen MR) is 133 cm³/mol. The Morgan fingerprint density at radius 3 is 2.44 bits per heavy atom. The quantitative estimate of drug-likeness (QED) is 0.377. The molecule has 2 aliphatic heterocycles. The summed E-state index contributed by atoms with van der Waals surface area (Å²) in [6.07, 6.45) is 2.98. The molecule has 1 atom stereocenters. The third-order valence-electron chi connectivity index (χ3n) is 7.15. The number of amides is 1. The average Bonchev–Trinajstić information content (AvgIpc) is 3.64. The number of aliphatic hydroxyl groups is 1. The van der Waals surface area contributed by atoms with Gasteiger partial charge in [-0.1, -0.05) is 48.5 Å². The number of carbonyl (C=O) groups is 2. The van der Waals surface area contributed by atoms with Crippen LogP contribution in [-0.4, -0.2) is 45.7 Å². The van der Waals surface area contributed by atoms with Crippen LogP contribution in [0.3, 0.4) is 0 Å². The van der Waals surface area contributed by atoms with E-state index in [0.29, 0.717) is 11.3 Å². The number of carbonyl (C=O) groups excluding carboxylic acids is 2. The molecule has 1 saturated heterocycles. The minimum atomic E-state index is -0.807. The molecular weight excluding hydrogens is 456 g/mol. The van der Waals surface area contributed by atoms with Crippen molar-refractivity contribution in [2.24, 2.45) is 0 Å². The van der Waals surface area contributed by atoms with Crippen LogP contribution in [0.1, 0.15) is 40.8 Å². The summed E-state index contributed by atoms with van der Waals surface area (Å²) in [5.74, 6) is -1.06. The lowest BCUT2D eigenvalue weighted by atomic mass is 9.96. The molecule has 0 spiro atoms. The maximum atomic E-state index is 13.6. The van der Waals surface area contributed by atoms with E-state index in [1.165, 1.54) is 11.8 Å². The van der Waals surface area contributed by atoms with Crippen LogP contribution in [0.15, 0.2) is 99.2 Å². The largest absolute Gasteiger partial charge is 0.503 e. The number of furan rings is 2. The number of Topliss-reactive ketones (excluding diaryl/α,β-unsaturated/α-hetero) is 1. The van der Waals surface area contributed by atoms with Crippen molar-refractivity contribution < 1.29 is 23.5 Å². The van der Waals surface area contributed by atoms with Crippen molar-refractivity contribution >= 4 is 22.7 Å². The molecule has 0 bridgehead atoms. The summed E-state index contributed by atoms with van der Waals surface area (Å²) in [5.41, 5.74) is 1.82. The molecular formula is C29H26N2O5. The molecule has 2 aliphatic rings. The summed E-state index contributed by atoms with van der Waals surface area (Å²) >= 11 is 0. The molecule has 4 aromatic rings. The van der Waals surface area contributed by atoms with Crippen LogP contribution in [0, 0.1) is 0 Å². The Labute approximate surface area is 208 Å². The molecule has 6 rings (SSSR count). The molecule has 182 valence electrons. The first-order chi connectivity index (χ1) is 17.6. The van der Waals surface area contributed by atoms with Crippen LogP contribution in [0.4, 0.5) is 0 Å². The highest BCUT2D eigenvalue weighted by Crippen LogP contribution is 2.42. The van der Waals surface area contributed by atoms with Crippen molar-refractivity contribution in [3.05, 3.63) is 107 Å². The van der Waals surface area contributed by atoms with Gasteiger partial charge in [-0.3, -0.25) is 14.5 Å². The Bertz CT molecular complexity index is 1400. The molecule has 4 heterocycles. The average molecular weight is 483 g/mol. The van der Waals surface area contributed by atoms with Gasteiger partial charge in [-0.25, -0.2) is 0 Å². The van der Waals surface area contributed by atoms with Crippen LogP contribution in [0.5, 0.6) is 0 Å². The second-order valence-corrected chi connectivity index (χ2v) is 9.36. The van der Waals surface area contributed by atoms with Gasteiger partial charge >= 0.3 is 0 Å². The first kappa shape index (κ1) is 22.4. The van der Waals surface area contributed by atoms with Gasteiger partial charge in [-0.2, -0.15) is 0 Å². The van der Waals surface area contributed by atoms with Gasteiger partial charge in [-0.05, 0) is 42.7 Å². The van der Waals surface area contributed by atoms with Crippen molar-refractivity contribution in [1.29, 1.82) is 0 Å². The van der Waals surface area contributed by atoms with Crippen molar-refractivity contribution in [3.8, 4) is 0 Å². The lowest BCUT2D eigenvalue weighted by Crippen LogP contribution is -2.47. The number of hydrogen-bond donors (Lipinski definition) is 1. The number of ketones is 1. The molecule has 1 fully saturated rings. The second-order valence-electron chi connectivity index (χ2n) is 9.36. The fourth-order valence-electron chi connectivity index (χ4n) is 5.38. The Morgan fingerprint density at radius 2 is 1.72 bits per heavy atom. The van der Waals surface area contributed by atoms with Crippen LogP contribution < -0.4 is 0 Å². The van der Waals surface area contributed by atoms with Gasteiger partial charge in [0.2, 0.25) is 5.78 Å². The highest BCUT2D eigenvalue weighted by Gasteiger charge is 2.49. The van der Waals surface area contributed by atoms with Gasteiger partial charge in [0, 0.05) is 31.1 Å². The molecule has 7 heteroatoms. The zero-order chi connectivity index (χ0) is 24.6. The minimum absolute atomic E-state index is 0.000668. The second kappa shape index (κ2) is 9.17.